The molecular weight excluding hydrogens is 306 g/mol. The number of fused-ring (bicyclic) bond motifs is 3. The SMILES string of the molecule is CC(=O)Nc1nc2ccc(F)cc2n2c(C(F)(F)F)nnc12. The highest BCUT2D eigenvalue weighted by Crippen LogP contribution is 2.31. The zero-order chi connectivity index (χ0) is 16.1. The fraction of sp³-hybridized carbons (Fsp3) is 0.167. The van der Waals surface area contributed by atoms with E-state index >= 15 is 0 Å². The first-order valence-electron chi connectivity index (χ1n) is 5.96. The van der Waals surface area contributed by atoms with Gasteiger partial charge in [0, 0.05) is 13.0 Å². The summed E-state index contributed by atoms with van der Waals surface area (Å²) in [7, 11) is 0. The van der Waals surface area contributed by atoms with Crippen LogP contribution < -0.4 is 5.32 Å². The number of nitrogens with zero attached hydrogens (tertiary/aromatic N) is 4. The number of hydrogen-bond donors (Lipinski definition) is 1. The van der Waals surface area contributed by atoms with Crippen LogP contribution in [0.5, 0.6) is 0 Å². The van der Waals surface area contributed by atoms with Crippen molar-refractivity contribution < 1.29 is 22.4 Å². The Morgan fingerprint density at radius 1 is 1.27 bits per heavy atom. The topological polar surface area (TPSA) is 72.2 Å². The molecule has 1 amide bonds. The Hall–Kier alpha value is -2.78. The van der Waals surface area contributed by atoms with Gasteiger partial charge in [0.2, 0.25) is 17.4 Å². The van der Waals surface area contributed by atoms with Crippen LogP contribution in [0.4, 0.5) is 23.4 Å². The van der Waals surface area contributed by atoms with Crippen LogP contribution in [0.25, 0.3) is 16.7 Å². The van der Waals surface area contributed by atoms with Crippen LogP contribution in [0.3, 0.4) is 0 Å². The standard InChI is InChI=1S/C12H7F4N5O/c1-5(22)17-9-10-19-20-11(12(14,15)16)21(10)8-4-6(13)2-3-7(8)18-9/h2-4H,1H3,(H,17,18,22). The van der Waals surface area contributed by atoms with Gasteiger partial charge in [0.1, 0.15) is 5.82 Å². The maximum atomic E-state index is 13.4. The summed E-state index contributed by atoms with van der Waals surface area (Å²) in [5.74, 6) is -2.78. The van der Waals surface area contributed by atoms with Crippen molar-refractivity contribution in [2.75, 3.05) is 5.32 Å². The summed E-state index contributed by atoms with van der Waals surface area (Å²) >= 11 is 0. The van der Waals surface area contributed by atoms with E-state index < -0.39 is 23.7 Å². The molecule has 0 fully saturated rings. The number of amides is 1. The van der Waals surface area contributed by atoms with Gasteiger partial charge in [0.05, 0.1) is 11.0 Å². The molecule has 0 atom stereocenters. The molecular formula is C12H7F4N5O. The highest BCUT2D eigenvalue weighted by molar-refractivity contribution is 5.93. The quantitative estimate of drug-likeness (QED) is 0.700. The van der Waals surface area contributed by atoms with Crippen molar-refractivity contribution in [3.8, 4) is 0 Å². The fourth-order valence-electron chi connectivity index (χ4n) is 2.04. The number of rotatable bonds is 1. The molecule has 0 bridgehead atoms. The van der Waals surface area contributed by atoms with E-state index in [4.69, 9.17) is 0 Å². The summed E-state index contributed by atoms with van der Waals surface area (Å²) in [4.78, 5) is 15.2. The molecule has 3 aromatic rings. The van der Waals surface area contributed by atoms with E-state index in [0.29, 0.717) is 4.40 Å². The predicted octanol–water partition coefficient (Wildman–Crippen LogP) is 2.39. The van der Waals surface area contributed by atoms with Crippen LogP contribution in [0.1, 0.15) is 12.7 Å². The van der Waals surface area contributed by atoms with Crippen molar-refractivity contribution in [2.24, 2.45) is 0 Å². The molecule has 114 valence electrons. The minimum Gasteiger partial charge on any atom is -0.308 e. The number of carbonyl (C=O) groups excluding carboxylic acids is 1. The third kappa shape index (κ3) is 2.22. The molecule has 10 heteroatoms. The van der Waals surface area contributed by atoms with Crippen LogP contribution in [0.15, 0.2) is 18.2 Å². The summed E-state index contributed by atoms with van der Waals surface area (Å²) in [5, 5.41) is 8.78. The predicted molar refractivity (Wildman–Crippen MR) is 67.6 cm³/mol. The number of carbonyl (C=O) groups is 1. The van der Waals surface area contributed by atoms with E-state index in [0.717, 1.165) is 12.1 Å². The number of benzene rings is 1. The number of hydrogen-bond acceptors (Lipinski definition) is 4. The van der Waals surface area contributed by atoms with Crippen LogP contribution in [0, 0.1) is 5.82 Å². The Kier molecular flexibility index (Phi) is 2.97. The Morgan fingerprint density at radius 3 is 2.64 bits per heavy atom. The van der Waals surface area contributed by atoms with Crippen LogP contribution in [-0.4, -0.2) is 25.5 Å². The Labute approximate surface area is 119 Å². The van der Waals surface area contributed by atoms with Gasteiger partial charge >= 0.3 is 6.18 Å². The van der Waals surface area contributed by atoms with Gasteiger partial charge in [0.25, 0.3) is 0 Å². The maximum Gasteiger partial charge on any atom is 0.452 e. The van der Waals surface area contributed by atoms with Gasteiger partial charge in [-0.1, -0.05) is 0 Å². The molecule has 0 unspecified atom stereocenters. The zero-order valence-corrected chi connectivity index (χ0v) is 10.9. The Balaban J connectivity index is 2.47. The summed E-state index contributed by atoms with van der Waals surface area (Å²) < 4.78 is 53.1. The smallest absolute Gasteiger partial charge is 0.308 e. The van der Waals surface area contributed by atoms with Gasteiger partial charge < -0.3 is 5.32 Å². The molecule has 2 heterocycles. The first-order valence-corrected chi connectivity index (χ1v) is 5.96. The van der Waals surface area contributed by atoms with Gasteiger partial charge in [-0.3, -0.25) is 9.20 Å². The average molecular weight is 313 g/mol. The van der Waals surface area contributed by atoms with Gasteiger partial charge in [-0.05, 0) is 12.1 Å². The second-order valence-corrected chi connectivity index (χ2v) is 4.46. The lowest BCUT2D eigenvalue weighted by atomic mass is 10.3. The van der Waals surface area contributed by atoms with Crippen molar-refractivity contribution in [1.29, 1.82) is 0 Å². The lowest BCUT2D eigenvalue weighted by Crippen LogP contribution is -2.14. The van der Waals surface area contributed by atoms with E-state index in [1.54, 1.807) is 0 Å². The largest absolute Gasteiger partial charge is 0.452 e. The third-order valence-electron chi connectivity index (χ3n) is 2.83. The van der Waals surface area contributed by atoms with E-state index in [1.165, 1.54) is 13.0 Å². The second kappa shape index (κ2) is 4.61. The number of halogens is 4. The van der Waals surface area contributed by atoms with Crippen LogP contribution in [0.2, 0.25) is 0 Å². The van der Waals surface area contributed by atoms with Gasteiger partial charge in [-0.15, -0.1) is 10.2 Å². The minimum atomic E-state index is -4.80. The summed E-state index contributed by atoms with van der Waals surface area (Å²) in [6, 6.07) is 3.15. The number of aromatic nitrogens is 4. The molecule has 1 N–H and O–H groups in total. The third-order valence-corrected chi connectivity index (χ3v) is 2.83. The van der Waals surface area contributed by atoms with Crippen molar-refractivity contribution in [3.05, 3.63) is 29.8 Å². The van der Waals surface area contributed by atoms with E-state index in [1.807, 2.05) is 0 Å². The molecule has 6 nitrogen and oxygen atoms in total. The normalized spacial score (nSPS) is 12.0. The van der Waals surface area contributed by atoms with Gasteiger partial charge in [0.15, 0.2) is 5.82 Å². The second-order valence-electron chi connectivity index (χ2n) is 4.46. The minimum absolute atomic E-state index is 0.0583. The van der Waals surface area contributed by atoms with E-state index in [9.17, 15) is 22.4 Å². The van der Waals surface area contributed by atoms with Crippen molar-refractivity contribution in [2.45, 2.75) is 13.1 Å². The Bertz CT molecular complexity index is 902. The highest BCUT2D eigenvalue weighted by Gasteiger charge is 2.38. The molecule has 22 heavy (non-hydrogen) atoms. The van der Waals surface area contributed by atoms with Gasteiger partial charge in [-0.25, -0.2) is 9.37 Å². The van der Waals surface area contributed by atoms with Crippen molar-refractivity contribution in [1.82, 2.24) is 19.6 Å². The molecule has 0 aliphatic rings. The summed E-state index contributed by atoms with van der Waals surface area (Å²) in [5.41, 5.74) is -0.412. The highest BCUT2D eigenvalue weighted by atomic mass is 19.4. The van der Waals surface area contributed by atoms with Crippen molar-refractivity contribution in [3.63, 3.8) is 0 Å². The molecule has 0 radical (unpaired) electrons. The number of alkyl halides is 3. The van der Waals surface area contributed by atoms with Crippen molar-refractivity contribution >= 4 is 28.4 Å². The summed E-state index contributed by atoms with van der Waals surface area (Å²) in [6.45, 7) is 1.17. The molecule has 0 aliphatic carbocycles. The van der Waals surface area contributed by atoms with Crippen LogP contribution >= 0.6 is 0 Å². The monoisotopic (exact) mass is 313 g/mol. The Morgan fingerprint density at radius 2 is 2.00 bits per heavy atom. The fourth-order valence-corrected chi connectivity index (χ4v) is 2.04. The number of nitrogens with one attached hydrogen (secondary N) is 1. The zero-order valence-electron chi connectivity index (χ0n) is 10.9. The molecule has 0 aliphatic heterocycles. The molecule has 0 saturated heterocycles. The maximum absolute atomic E-state index is 13.4. The molecule has 0 saturated carbocycles. The lowest BCUT2D eigenvalue weighted by Gasteiger charge is -2.10. The molecule has 1 aromatic carbocycles. The lowest BCUT2D eigenvalue weighted by molar-refractivity contribution is -0.145. The first-order chi connectivity index (χ1) is 10.3. The molecule has 2 aromatic heterocycles. The average Bonchev–Trinajstić information content (AvgIpc) is 2.84. The van der Waals surface area contributed by atoms with Gasteiger partial charge in [-0.2, -0.15) is 13.2 Å². The molecule has 0 spiro atoms. The molecule has 3 rings (SSSR count). The first kappa shape index (κ1) is 14.2. The van der Waals surface area contributed by atoms with E-state index in [2.05, 4.69) is 20.5 Å². The van der Waals surface area contributed by atoms with E-state index in [-0.39, 0.29) is 22.5 Å². The number of anilines is 1. The summed E-state index contributed by atoms with van der Waals surface area (Å²) in [6.07, 6.45) is -4.80. The van der Waals surface area contributed by atoms with Crippen LogP contribution in [-0.2, 0) is 11.0 Å².